The molecule has 5 N–H and O–H groups in total. The van der Waals surface area contributed by atoms with Gasteiger partial charge in [0.25, 0.3) is 0 Å². The SMILES string of the molecule is Cn1cnc(CCNc2nc(NCC(c3ccccc3)c3ccccc3)c3ncn([C@H]4O[C@@H](c5ncn[nH]5)[C@H](O)[C@@H]4O)c3n2)c1. The summed E-state index contributed by atoms with van der Waals surface area (Å²) in [7, 11) is 1.93. The number of aryl methyl sites for hydroxylation is 1. The fourth-order valence-corrected chi connectivity index (χ4v) is 5.67. The molecule has 14 nitrogen and oxygen atoms in total. The average molecular weight is 608 g/mol. The highest BCUT2D eigenvalue weighted by molar-refractivity contribution is 5.84. The van der Waals surface area contributed by atoms with Gasteiger partial charge in [0, 0.05) is 38.7 Å². The van der Waals surface area contributed by atoms with Gasteiger partial charge in [-0.2, -0.15) is 15.1 Å². The summed E-state index contributed by atoms with van der Waals surface area (Å²) in [5, 5.41) is 35.2. The quantitative estimate of drug-likeness (QED) is 0.146. The Labute approximate surface area is 258 Å². The lowest BCUT2D eigenvalue weighted by molar-refractivity contribution is -0.0382. The van der Waals surface area contributed by atoms with Crippen molar-refractivity contribution >= 4 is 22.9 Å². The van der Waals surface area contributed by atoms with Crippen molar-refractivity contribution in [1.29, 1.82) is 0 Å². The number of anilines is 2. The normalized spacial score (nSPS) is 19.8. The molecule has 0 radical (unpaired) electrons. The summed E-state index contributed by atoms with van der Waals surface area (Å²) in [6.45, 7) is 1.08. The van der Waals surface area contributed by atoms with Gasteiger partial charge in [-0.25, -0.2) is 15.0 Å². The predicted molar refractivity (Wildman–Crippen MR) is 165 cm³/mol. The number of nitrogens with zero attached hydrogens (tertiary/aromatic N) is 8. The van der Waals surface area contributed by atoms with Gasteiger partial charge in [-0.1, -0.05) is 60.7 Å². The highest BCUT2D eigenvalue weighted by Gasteiger charge is 2.46. The van der Waals surface area contributed by atoms with Gasteiger partial charge in [-0.15, -0.1) is 0 Å². The van der Waals surface area contributed by atoms with Crippen LogP contribution in [0, 0.1) is 0 Å². The predicted octanol–water partition coefficient (Wildman–Crippen LogP) is 2.57. The van der Waals surface area contributed by atoms with E-state index in [9.17, 15) is 10.2 Å². The number of benzene rings is 2. The summed E-state index contributed by atoms with van der Waals surface area (Å²) in [6, 6.07) is 20.6. The molecule has 1 aliphatic rings. The summed E-state index contributed by atoms with van der Waals surface area (Å²) in [5.74, 6) is 1.25. The van der Waals surface area contributed by atoms with E-state index >= 15 is 0 Å². The highest BCUT2D eigenvalue weighted by atomic mass is 16.6. The lowest BCUT2D eigenvalue weighted by atomic mass is 9.91. The third-order valence-corrected chi connectivity index (χ3v) is 7.94. The third-order valence-electron chi connectivity index (χ3n) is 7.94. The van der Waals surface area contributed by atoms with E-state index in [1.807, 2.05) is 54.2 Å². The minimum atomic E-state index is -1.27. The van der Waals surface area contributed by atoms with E-state index in [1.54, 1.807) is 10.9 Å². The molecule has 6 aromatic rings. The number of nitrogens with one attached hydrogen (secondary N) is 3. The molecule has 7 rings (SSSR count). The van der Waals surface area contributed by atoms with Gasteiger partial charge >= 0.3 is 0 Å². The van der Waals surface area contributed by atoms with Gasteiger partial charge in [0.05, 0.1) is 18.3 Å². The zero-order chi connectivity index (χ0) is 30.8. The molecule has 0 amide bonds. The number of aliphatic hydroxyl groups is 2. The van der Waals surface area contributed by atoms with Gasteiger partial charge < -0.3 is 30.2 Å². The van der Waals surface area contributed by atoms with Crippen molar-refractivity contribution in [3.8, 4) is 0 Å². The van der Waals surface area contributed by atoms with E-state index in [2.05, 4.69) is 60.0 Å². The molecular formula is C31H33N11O3. The number of H-pyrrole nitrogens is 1. The second-order valence-corrected chi connectivity index (χ2v) is 11.0. The summed E-state index contributed by atoms with van der Waals surface area (Å²) >= 11 is 0. The number of fused-ring (bicyclic) bond motifs is 1. The Morgan fingerprint density at radius 3 is 2.33 bits per heavy atom. The zero-order valence-electron chi connectivity index (χ0n) is 24.5. The smallest absolute Gasteiger partial charge is 0.226 e. The van der Waals surface area contributed by atoms with Crippen molar-refractivity contribution in [2.24, 2.45) is 7.05 Å². The Morgan fingerprint density at radius 2 is 1.67 bits per heavy atom. The van der Waals surface area contributed by atoms with E-state index in [1.165, 1.54) is 12.7 Å². The van der Waals surface area contributed by atoms with Crippen LogP contribution in [-0.2, 0) is 18.2 Å². The van der Waals surface area contributed by atoms with Crippen LogP contribution in [0.2, 0.25) is 0 Å². The molecular weight excluding hydrogens is 574 g/mol. The minimum absolute atomic E-state index is 0.0397. The van der Waals surface area contributed by atoms with Crippen molar-refractivity contribution in [3.63, 3.8) is 0 Å². The van der Waals surface area contributed by atoms with Crippen molar-refractivity contribution < 1.29 is 14.9 Å². The number of aromatic nitrogens is 9. The zero-order valence-corrected chi connectivity index (χ0v) is 24.5. The monoisotopic (exact) mass is 607 g/mol. The first kappa shape index (κ1) is 28.6. The fourth-order valence-electron chi connectivity index (χ4n) is 5.67. The Balaban J connectivity index is 1.21. The molecule has 0 saturated carbocycles. The third kappa shape index (κ3) is 5.85. The Hall–Kier alpha value is -5.18. The molecule has 1 fully saturated rings. The van der Waals surface area contributed by atoms with Crippen LogP contribution in [0.1, 0.15) is 40.9 Å². The standard InChI is InChI=1S/C31H33N11O3/c1-41-15-21(35-17-41)12-13-32-31-38-27(33-14-22(19-8-4-2-5-9-19)20-10-6-3-7-11-20)23-29(39-31)42(18-36-23)30-25(44)24(43)26(45-30)28-34-16-37-40-28/h2-11,15-18,22,24-26,30,43-44H,12-14H2,1H3,(H,34,37,40)(H2,32,33,38,39)/t24-,25+,26-,30+/m1/s1. The summed E-state index contributed by atoms with van der Waals surface area (Å²) in [4.78, 5) is 22.7. The van der Waals surface area contributed by atoms with Crippen LogP contribution in [0.5, 0.6) is 0 Å². The molecule has 4 aromatic heterocycles. The van der Waals surface area contributed by atoms with E-state index in [4.69, 9.17) is 14.7 Å². The molecule has 0 spiro atoms. The molecule has 0 bridgehead atoms. The second-order valence-electron chi connectivity index (χ2n) is 11.0. The first-order valence-corrected chi connectivity index (χ1v) is 14.7. The van der Waals surface area contributed by atoms with Gasteiger partial charge in [0.15, 0.2) is 29.0 Å². The lowest BCUT2D eigenvalue weighted by Crippen LogP contribution is -2.29. The van der Waals surface area contributed by atoms with Crippen molar-refractivity contribution in [2.45, 2.75) is 36.9 Å². The average Bonchev–Trinajstić information content (AvgIpc) is 3.88. The number of hydrogen-bond acceptors (Lipinski definition) is 11. The second kappa shape index (κ2) is 12.4. The van der Waals surface area contributed by atoms with Gasteiger partial charge in [0.2, 0.25) is 5.95 Å². The summed E-state index contributed by atoms with van der Waals surface area (Å²) in [6.07, 6.45) is 2.87. The van der Waals surface area contributed by atoms with Crippen LogP contribution >= 0.6 is 0 Å². The number of aliphatic hydroxyl groups excluding tert-OH is 2. The molecule has 4 atom stereocenters. The number of hydrogen-bond donors (Lipinski definition) is 5. The first-order chi connectivity index (χ1) is 22.0. The van der Waals surface area contributed by atoms with Crippen LogP contribution in [0.15, 0.2) is 85.8 Å². The Bertz CT molecular complexity index is 1800. The maximum atomic E-state index is 11.0. The molecule has 1 aliphatic heterocycles. The van der Waals surface area contributed by atoms with Gasteiger partial charge in [-0.3, -0.25) is 9.67 Å². The highest BCUT2D eigenvalue weighted by Crippen LogP contribution is 2.39. The van der Waals surface area contributed by atoms with Crippen molar-refractivity contribution in [2.75, 3.05) is 23.7 Å². The molecule has 45 heavy (non-hydrogen) atoms. The maximum Gasteiger partial charge on any atom is 0.226 e. The van der Waals surface area contributed by atoms with E-state index in [0.717, 1.165) is 16.8 Å². The van der Waals surface area contributed by atoms with E-state index < -0.39 is 24.5 Å². The Morgan fingerprint density at radius 1 is 0.911 bits per heavy atom. The Kier molecular flexibility index (Phi) is 7.90. The van der Waals surface area contributed by atoms with E-state index in [-0.39, 0.29) is 5.92 Å². The van der Waals surface area contributed by atoms with Crippen LogP contribution in [0.25, 0.3) is 11.2 Å². The minimum Gasteiger partial charge on any atom is -0.387 e. The number of rotatable bonds is 11. The van der Waals surface area contributed by atoms with Crippen LogP contribution in [0.3, 0.4) is 0 Å². The van der Waals surface area contributed by atoms with Gasteiger partial charge in [0.1, 0.15) is 24.6 Å². The summed E-state index contributed by atoms with van der Waals surface area (Å²) < 4.78 is 9.61. The van der Waals surface area contributed by atoms with Gasteiger partial charge in [-0.05, 0) is 11.1 Å². The molecule has 14 heteroatoms. The molecule has 0 unspecified atom stereocenters. The number of aromatic amines is 1. The lowest BCUT2D eigenvalue weighted by Gasteiger charge is -2.20. The first-order valence-electron chi connectivity index (χ1n) is 14.7. The molecule has 2 aromatic carbocycles. The van der Waals surface area contributed by atoms with Crippen LogP contribution < -0.4 is 10.6 Å². The van der Waals surface area contributed by atoms with E-state index in [0.29, 0.717) is 48.3 Å². The summed E-state index contributed by atoms with van der Waals surface area (Å²) in [5.41, 5.74) is 4.20. The van der Waals surface area contributed by atoms with Crippen molar-refractivity contribution in [3.05, 3.63) is 108 Å². The molecule has 5 heterocycles. The van der Waals surface area contributed by atoms with Crippen LogP contribution in [0.4, 0.5) is 11.8 Å². The molecule has 1 saturated heterocycles. The largest absolute Gasteiger partial charge is 0.387 e. The van der Waals surface area contributed by atoms with Crippen LogP contribution in [-0.4, -0.2) is 79.8 Å². The topological polar surface area (TPSA) is 177 Å². The number of imidazole rings is 2. The molecule has 0 aliphatic carbocycles. The maximum absolute atomic E-state index is 11.0. The number of ether oxygens (including phenoxy) is 1. The van der Waals surface area contributed by atoms with Crippen molar-refractivity contribution in [1.82, 2.24) is 44.3 Å². The fraction of sp³-hybridized carbons (Fsp3) is 0.290. The molecule has 230 valence electrons.